The van der Waals surface area contributed by atoms with Gasteiger partial charge in [-0.15, -0.1) is 0 Å². The van der Waals surface area contributed by atoms with E-state index in [9.17, 15) is 4.79 Å². The summed E-state index contributed by atoms with van der Waals surface area (Å²) in [7, 11) is 0. The maximum atomic E-state index is 12.3. The van der Waals surface area contributed by atoms with E-state index in [0.29, 0.717) is 11.6 Å². The van der Waals surface area contributed by atoms with Crippen molar-refractivity contribution in [1.82, 2.24) is 15.0 Å². The molecule has 0 spiro atoms. The summed E-state index contributed by atoms with van der Waals surface area (Å²) in [5, 5.41) is 2.98. The van der Waals surface area contributed by atoms with E-state index in [1.165, 1.54) is 6.20 Å². The van der Waals surface area contributed by atoms with Gasteiger partial charge in [-0.3, -0.25) is 9.78 Å². The molecule has 0 atom stereocenters. The van der Waals surface area contributed by atoms with Crippen LogP contribution in [0.15, 0.2) is 30.7 Å². The molecule has 0 aromatic carbocycles. The van der Waals surface area contributed by atoms with Gasteiger partial charge in [0.2, 0.25) is 5.95 Å². The number of aromatic nitrogens is 3. The van der Waals surface area contributed by atoms with E-state index < -0.39 is 0 Å². The molecule has 0 radical (unpaired) electrons. The normalized spacial score (nSPS) is 14.2. The number of anilines is 2. The molecule has 1 aliphatic heterocycles. The second-order valence-corrected chi connectivity index (χ2v) is 5.16. The van der Waals surface area contributed by atoms with Gasteiger partial charge in [-0.25, -0.2) is 9.97 Å². The van der Waals surface area contributed by atoms with E-state index >= 15 is 0 Å². The fraction of sp³-hybridized carbons (Fsp3) is 0.286. The van der Waals surface area contributed by atoms with Crippen LogP contribution in [0.3, 0.4) is 0 Å². The molecular weight excluding hydrogens is 290 g/mol. The molecule has 2 aromatic heterocycles. The van der Waals surface area contributed by atoms with Gasteiger partial charge < -0.3 is 10.2 Å². The summed E-state index contributed by atoms with van der Waals surface area (Å²) in [4.78, 5) is 26.7. The number of amides is 1. The number of nitrogens with zero attached hydrogens (tertiary/aromatic N) is 4. The Kier molecular flexibility index (Phi) is 3.96. The first-order valence-electron chi connectivity index (χ1n) is 6.73. The molecule has 0 unspecified atom stereocenters. The number of rotatable bonds is 3. The quantitative estimate of drug-likeness (QED) is 0.942. The Morgan fingerprint density at radius 2 is 1.95 bits per heavy atom. The average Bonchev–Trinajstić information content (AvgIpc) is 3.03. The Bertz CT molecular complexity index is 643. The van der Waals surface area contributed by atoms with Crippen LogP contribution < -0.4 is 10.2 Å². The Labute approximate surface area is 127 Å². The maximum Gasteiger partial charge on any atom is 0.276 e. The third-order valence-electron chi connectivity index (χ3n) is 3.27. The molecule has 1 aliphatic rings. The summed E-state index contributed by atoms with van der Waals surface area (Å²) in [6.45, 7) is 1.82. The van der Waals surface area contributed by atoms with Crippen molar-refractivity contribution in [3.05, 3.63) is 41.4 Å². The molecular formula is C14H14ClN5O. The van der Waals surface area contributed by atoms with Gasteiger partial charge in [0.15, 0.2) is 5.69 Å². The fourth-order valence-electron chi connectivity index (χ4n) is 2.21. The molecule has 1 fully saturated rings. The average molecular weight is 304 g/mol. The largest absolute Gasteiger partial charge is 0.341 e. The standard InChI is InChI=1S/C14H14ClN5O/c15-11-9-17-14(20-7-1-2-8-20)19-12(11)13(21)18-10-3-5-16-6-4-10/h3-6,9H,1-2,7-8H2,(H,16,18,21). The molecule has 6 nitrogen and oxygen atoms in total. The third kappa shape index (κ3) is 3.11. The third-order valence-corrected chi connectivity index (χ3v) is 3.55. The minimum Gasteiger partial charge on any atom is -0.341 e. The highest BCUT2D eigenvalue weighted by Gasteiger charge is 2.19. The molecule has 1 saturated heterocycles. The second-order valence-electron chi connectivity index (χ2n) is 4.75. The Morgan fingerprint density at radius 3 is 2.67 bits per heavy atom. The summed E-state index contributed by atoms with van der Waals surface area (Å²) in [5.74, 6) is 0.200. The van der Waals surface area contributed by atoms with Crippen LogP contribution in [0.4, 0.5) is 11.6 Å². The van der Waals surface area contributed by atoms with Crippen LogP contribution in [0.1, 0.15) is 23.3 Å². The van der Waals surface area contributed by atoms with Crippen molar-refractivity contribution in [1.29, 1.82) is 0 Å². The molecule has 1 N–H and O–H groups in total. The van der Waals surface area contributed by atoms with E-state index in [2.05, 4.69) is 25.2 Å². The van der Waals surface area contributed by atoms with Crippen molar-refractivity contribution in [2.45, 2.75) is 12.8 Å². The minimum absolute atomic E-state index is 0.186. The van der Waals surface area contributed by atoms with Gasteiger partial charge >= 0.3 is 0 Å². The van der Waals surface area contributed by atoms with Gasteiger partial charge in [0, 0.05) is 31.2 Å². The predicted molar refractivity (Wildman–Crippen MR) is 80.7 cm³/mol. The molecule has 0 aliphatic carbocycles. The number of halogens is 1. The van der Waals surface area contributed by atoms with Crippen LogP contribution in [0, 0.1) is 0 Å². The SMILES string of the molecule is O=C(Nc1ccncc1)c1nc(N2CCCC2)ncc1Cl. The van der Waals surface area contributed by atoms with Crippen LogP contribution in [-0.4, -0.2) is 33.9 Å². The number of hydrogen-bond acceptors (Lipinski definition) is 5. The van der Waals surface area contributed by atoms with Crippen LogP contribution >= 0.6 is 11.6 Å². The van der Waals surface area contributed by atoms with E-state index in [4.69, 9.17) is 11.6 Å². The molecule has 21 heavy (non-hydrogen) atoms. The smallest absolute Gasteiger partial charge is 0.276 e. The molecule has 108 valence electrons. The summed E-state index contributed by atoms with van der Waals surface area (Å²) in [6, 6.07) is 3.41. The lowest BCUT2D eigenvalue weighted by Crippen LogP contribution is -2.23. The van der Waals surface area contributed by atoms with Crippen molar-refractivity contribution in [2.24, 2.45) is 0 Å². The van der Waals surface area contributed by atoms with Gasteiger partial charge in [0.05, 0.1) is 11.2 Å². The molecule has 1 amide bonds. The number of pyridine rings is 1. The summed E-state index contributed by atoms with van der Waals surface area (Å²) >= 11 is 6.05. The van der Waals surface area contributed by atoms with E-state index in [0.717, 1.165) is 25.9 Å². The lowest BCUT2D eigenvalue weighted by Gasteiger charge is -2.15. The summed E-state index contributed by atoms with van der Waals surface area (Å²) in [5.41, 5.74) is 0.831. The van der Waals surface area contributed by atoms with Gasteiger partial charge in [-0.2, -0.15) is 0 Å². The fourth-order valence-corrected chi connectivity index (χ4v) is 2.39. The highest BCUT2D eigenvalue weighted by atomic mass is 35.5. The van der Waals surface area contributed by atoms with E-state index in [1.54, 1.807) is 24.5 Å². The van der Waals surface area contributed by atoms with Gasteiger partial charge in [0.25, 0.3) is 5.91 Å². The topological polar surface area (TPSA) is 71.0 Å². The monoisotopic (exact) mass is 303 g/mol. The molecule has 3 rings (SSSR count). The van der Waals surface area contributed by atoms with Crippen LogP contribution in [-0.2, 0) is 0 Å². The highest BCUT2D eigenvalue weighted by molar-refractivity contribution is 6.34. The van der Waals surface area contributed by atoms with Crippen LogP contribution in [0.25, 0.3) is 0 Å². The second kappa shape index (κ2) is 6.05. The number of carbonyl (C=O) groups excluding carboxylic acids is 1. The van der Waals surface area contributed by atoms with Crippen molar-refractivity contribution in [3.63, 3.8) is 0 Å². The number of nitrogens with one attached hydrogen (secondary N) is 1. The zero-order valence-corrected chi connectivity index (χ0v) is 12.0. The van der Waals surface area contributed by atoms with Crippen molar-refractivity contribution < 1.29 is 4.79 Å². The van der Waals surface area contributed by atoms with Crippen molar-refractivity contribution >= 4 is 29.1 Å². The van der Waals surface area contributed by atoms with Gasteiger partial charge in [-0.05, 0) is 25.0 Å². The molecule has 0 saturated carbocycles. The van der Waals surface area contributed by atoms with Crippen LogP contribution in [0.2, 0.25) is 5.02 Å². The van der Waals surface area contributed by atoms with Crippen molar-refractivity contribution in [2.75, 3.05) is 23.3 Å². The van der Waals surface area contributed by atoms with Crippen molar-refractivity contribution in [3.8, 4) is 0 Å². The maximum absolute atomic E-state index is 12.3. The predicted octanol–water partition coefficient (Wildman–Crippen LogP) is 2.38. The highest BCUT2D eigenvalue weighted by Crippen LogP contribution is 2.20. The first kappa shape index (κ1) is 13.8. The van der Waals surface area contributed by atoms with Crippen LogP contribution in [0.5, 0.6) is 0 Å². The zero-order valence-electron chi connectivity index (χ0n) is 11.3. The lowest BCUT2D eigenvalue weighted by molar-refractivity contribution is 0.102. The molecule has 7 heteroatoms. The van der Waals surface area contributed by atoms with E-state index in [1.807, 2.05) is 0 Å². The summed E-state index contributed by atoms with van der Waals surface area (Å²) in [6.07, 6.45) is 6.92. The molecule has 3 heterocycles. The molecule has 2 aromatic rings. The lowest BCUT2D eigenvalue weighted by atomic mass is 10.3. The zero-order chi connectivity index (χ0) is 14.7. The minimum atomic E-state index is -0.353. The van der Waals surface area contributed by atoms with Gasteiger partial charge in [-0.1, -0.05) is 11.6 Å². The van der Waals surface area contributed by atoms with Gasteiger partial charge in [0.1, 0.15) is 0 Å². The first-order valence-corrected chi connectivity index (χ1v) is 7.11. The number of hydrogen-bond donors (Lipinski definition) is 1. The number of carbonyl (C=O) groups is 1. The Balaban J connectivity index is 1.83. The van der Waals surface area contributed by atoms with E-state index in [-0.39, 0.29) is 16.6 Å². The summed E-state index contributed by atoms with van der Waals surface area (Å²) < 4.78 is 0. The Hall–Kier alpha value is -2.21. The molecule has 0 bridgehead atoms. The Morgan fingerprint density at radius 1 is 1.24 bits per heavy atom. The first-order chi connectivity index (χ1) is 10.2.